The predicted molar refractivity (Wildman–Crippen MR) is 76.7 cm³/mol. The summed E-state index contributed by atoms with van der Waals surface area (Å²) in [6, 6.07) is -0.165. The molecular weight excluding hydrogens is 294 g/mol. The monoisotopic (exact) mass is 318 g/mol. The lowest BCUT2D eigenvalue weighted by molar-refractivity contribution is -0.130. The summed E-state index contributed by atoms with van der Waals surface area (Å²) < 4.78 is 31.7. The fourth-order valence-electron chi connectivity index (χ4n) is 3.05. The van der Waals surface area contributed by atoms with E-state index in [1.165, 1.54) is 4.90 Å². The van der Waals surface area contributed by atoms with E-state index in [0.717, 1.165) is 0 Å². The van der Waals surface area contributed by atoms with Crippen LogP contribution in [0.3, 0.4) is 0 Å². The van der Waals surface area contributed by atoms with Crippen molar-refractivity contribution in [3.8, 4) is 0 Å². The smallest absolute Gasteiger partial charge is 0.407 e. The molecule has 22 heavy (non-hydrogen) atoms. The zero-order valence-electron chi connectivity index (χ0n) is 13.3. The third kappa shape index (κ3) is 4.55. The Morgan fingerprint density at radius 1 is 1.27 bits per heavy atom. The molecule has 1 N–H and O–H groups in total. The Kier molecular flexibility index (Phi) is 4.63. The van der Waals surface area contributed by atoms with Crippen LogP contribution in [0.1, 0.15) is 52.9 Å². The summed E-state index contributed by atoms with van der Waals surface area (Å²) >= 11 is 0. The van der Waals surface area contributed by atoms with Gasteiger partial charge in [-0.15, -0.1) is 0 Å². The van der Waals surface area contributed by atoms with Crippen LogP contribution in [-0.4, -0.2) is 47.1 Å². The van der Waals surface area contributed by atoms with Gasteiger partial charge in [-0.05, 0) is 46.5 Å². The van der Waals surface area contributed by atoms with Gasteiger partial charge in [-0.2, -0.15) is 0 Å². The highest BCUT2D eigenvalue weighted by Gasteiger charge is 2.46. The van der Waals surface area contributed by atoms with E-state index in [1.54, 1.807) is 20.8 Å². The molecule has 0 radical (unpaired) electrons. The molecule has 1 saturated heterocycles. The van der Waals surface area contributed by atoms with Crippen molar-refractivity contribution >= 4 is 12.0 Å². The van der Waals surface area contributed by atoms with Gasteiger partial charge in [-0.3, -0.25) is 4.79 Å². The fraction of sp³-hybridized carbons (Fsp3) is 0.867. The molecule has 0 unspecified atom stereocenters. The summed E-state index contributed by atoms with van der Waals surface area (Å²) in [5, 5.41) is 2.80. The Labute approximate surface area is 129 Å². The van der Waals surface area contributed by atoms with Gasteiger partial charge in [0, 0.05) is 12.1 Å². The third-order valence-corrected chi connectivity index (χ3v) is 3.99. The molecule has 0 aromatic heterocycles. The second-order valence-electron chi connectivity index (χ2n) is 7.21. The normalized spacial score (nSPS) is 28.6. The Morgan fingerprint density at radius 2 is 1.86 bits per heavy atom. The summed E-state index contributed by atoms with van der Waals surface area (Å²) in [5.41, 5.74) is -0.547. The van der Waals surface area contributed by atoms with Crippen molar-refractivity contribution in [2.24, 2.45) is 0 Å². The van der Waals surface area contributed by atoms with E-state index in [0.29, 0.717) is 25.7 Å². The standard InChI is InChI=1S/C15H24F2N2O3/c1-14(2,3)22-13(21)18-10-4-6-11(7-5-10)19-9-15(16,17)8-12(19)20/h10-11H,4-9H2,1-3H3,(H,18,21)/t10-,11-. The van der Waals surface area contributed by atoms with E-state index in [-0.39, 0.29) is 12.1 Å². The first-order valence-electron chi connectivity index (χ1n) is 7.72. The van der Waals surface area contributed by atoms with Gasteiger partial charge in [0.25, 0.3) is 5.92 Å². The highest BCUT2D eigenvalue weighted by Crippen LogP contribution is 2.33. The molecule has 7 heteroatoms. The van der Waals surface area contributed by atoms with E-state index < -0.39 is 36.5 Å². The number of alkyl carbamates (subject to hydrolysis) is 1. The highest BCUT2D eigenvalue weighted by molar-refractivity contribution is 5.80. The van der Waals surface area contributed by atoms with Gasteiger partial charge in [0.05, 0.1) is 13.0 Å². The molecule has 0 bridgehead atoms. The van der Waals surface area contributed by atoms with E-state index in [1.807, 2.05) is 0 Å². The number of amides is 2. The molecule has 2 aliphatic rings. The number of nitrogens with zero attached hydrogens (tertiary/aromatic N) is 1. The molecule has 0 aromatic carbocycles. The average Bonchev–Trinajstić information content (AvgIpc) is 2.61. The first kappa shape index (κ1) is 17.0. The molecular formula is C15H24F2N2O3. The van der Waals surface area contributed by atoms with Crippen LogP contribution >= 0.6 is 0 Å². The Balaban J connectivity index is 1.79. The summed E-state index contributed by atoms with van der Waals surface area (Å²) in [7, 11) is 0. The maximum atomic E-state index is 13.3. The first-order chi connectivity index (χ1) is 10.1. The van der Waals surface area contributed by atoms with Gasteiger partial charge in [0.2, 0.25) is 5.91 Å². The molecule has 0 aromatic rings. The number of carbonyl (C=O) groups excluding carboxylic acids is 2. The van der Waals surface area contributed by atoms with Crippen molar-refractivity contribution in [2.75, 3.05) is 6.54 Å². The number of rotatable bonds is 2. The second kappa shape index (κ2) is 6.01. The van der Waals surface area contributed by atoms with Crippen molar-refractivity contribution in [3.63, 3.8) is 0 Å². The molecule has 2 amide bonds. The maximum absolute atomic E-state index is 13.3. The van der Waals surface area contributed by atoms with Gasteiger partial charge in [-0.25, -0.2) is 13.6 Å². The van der Waals surface area contributed by atoms with Crippen LogP contribution in [0, 0.1) is 0 Å². The van der Waals surface area contributed by atoms with Crippen LogP contribution in [-0.2, 0) is 9.53 Å². The summed E-state index contributed by atoms with van der Waals surface area (Å²) in [6.45, 7) is 4.91. The van der Waals surface area contributed by atoms with Crippen molar-refractivity contribution < 1.29 is 23.1 Å². The topological polar surface area (TPSA) is 58.6 Å². The number of likely N-dealkylation sites (tertiary alicyclic amines) is 1. The van der Waals surface area contributed by atoms with Gasteiger partial charge in [-0.1, -0.05) is 0 Å². The number of hydrogen-bond donors (Lipinski definition) is 1. The average molecular weight is 318 g/mol. The van der Waals surface area contributed by atoms with Crippen molar-refractivity contribution in [3.05, 3.63) is 0 Å². The molecule has 1 aliphatic carbocycles. The lowest BCUT2D eigenvalue weighted by Crippen LogP contribution is -2.46. The second-order valence-corrected chi connectivity index (χ2v) is 7.21. The SMILES string of the molecule is CC(C)(C)OC(=O)N[C@H]1CC[C@H](N2CC(F)(F)CC2=O)CC1. The fourth-order valence-corrected chi connectivity index (χ4v) is 3.05. The van der Waals surface area contributed by atoms with Gasteiger partial charge in [0.1, 0.15) is 5.60 Å². The van der Waals surface area contributed by atoms with Crippen LogP contribution in [0.5, 0.6) is 0 Å². The van der Waals surface area contributed by atoms with E-state index >= 15 is 0 Å². The quantitative estimate of drug-likeness (QED) is 0.851. The zero-order valence-corrected chi connectivity index (χ0v) is 13.3. The van der Waals surface area contributed by atoms with Crippen LogP contribution < -0.4 is 5.32 Å². The minimum atomic E-state index is -2.90. The van der Waals surface area contributed by atoms with Crippen molar-refractivity contribution in [1.29, 1.82) is 0 Å². The number of nitrogens with one attached hydrogen (secondary N) is 1. The predicted octanol–water partition coefficient (Wildman–Crippen LogP) is 2.69. The summed E-state index contributed by atoms with van der Waals surface area (Å²) in [6.07, 6.45) is 1.45. The minimum absolute atomic E-state index is 0.0238. The van der Waals surface area contributed by atoms with E-state index in [4.69, 9.17) is 4.74 Å². The molecule has 0 spiro atoms. The highest BCUT2D eigenvalue weighted by atomic mass is 19.3. The lowest BCUT2D eigenvalue weighted by atomic mass is 9.90. The van der Waals surface area contributed by atoms with Crippen molar-refractivity contribution in [1.82, 2.24) is 10.2 Å². The Hall–Kier alpha value is -1.40. The van der Waals surface area contributed by atoms with E-state index in [2.05, 4.69) is 5.32 Å². The van der Waals surface area contributed by atoms with Gasteiger partial charge in [0.15, 0.2) is 0 Å². The molecule has 1 saturated carbocycles. The number of ether oxygens (including phenoxy) is 1. The maximum Gasteiger partial charge on any atom is 0.407 e. The van der Waals surface area contributed by atoms with Crippen LogP contribution in [0.2, 0.25) is 0 Å². The van der Waals surface area contributed by atoms with Gasteiger partial charge < -0.3 is 15.0 Å². The van der Waals surface area contributed by atoms with Crippen LogP contribution in [0.15, 0.2) is 0 Å². The van der Waals surface area contributed by atoms with E-state index in [9.17, 15) is 18.4 Å². The number of halogens is 2. The summed E-state index contributed by atoms with van der Waals surface area (Å²) in [5.74, 6) is -3.36. The molecule has 2 fully saturated rings. The molecule has 5 nitrogen and oxygen atoms in total. The van der Waals surface area contributed by atoms with Crippen LogP contribution in [0.25, 0.3) is 0 Å². The molecule has 1 aliphatic heterocycles. The number of alkyl halides is 2. The largest absolute Gasteiger partial charge is 0.444 e. The number of hydrogen-bond acceptors (Lipinski definition) is 3. The minimum Gasteiger partial charge on any atom is -0.444 e. The van der Waals surface area contributed by atoms with Crippen molar-refractivity contribution in [2.45, 2.75) is 76.5 Å². The molecule has 126 valence electrons. The first-order valence-corrected chi connectivity index (χ1v) is 7.72. The third-order valence-electron chi connectivity index (χ3n) is 3.99. The Bertz CT molecular complexity index is 441. The number of carbonyl (C=O) groups is 2. The van der Waals surface area contributed by atoms with Crippen LogP contribution in [0.4, 0.5) is 13.6 Å². The molecule has 1 heterocycles. The molecule has 0 atom stereocenters. The molecule has 2 rings (SSSR count). The Morgan fingerprint density at radius 3 is 2.32 bits per heavy atom. The summed E-state index contributed by atoms with van der Waals surface area (Å²) in [4.78, 5) is 24.7. The zero-order chi connectivity index (χ0) is 16.5. The lowest BCUT2D eigenvalue weighted by Gasteiger charge is -2.35. The van der Waals surface area contributed by atoms with Gasteiger partial charge >= 0.3 is 6.09 Å².